The number of benzene rings is 1. The Labute approximate surface area is 220 Å². The second-order valence-electron chi connectivity index (χ2n) is 8.60. The standard InChI is InChI=1S/C23H25N5O9S/c1-2-27-7-8-28(20(32)19(27)31)23(36)26-14(11-3-5-13(29)6-4-11)17(30)24-16(21(33)34)18-25-15-12(10-38-18)9-37-22(15)35/h3-6,10,14-16,18,25,29H,2,7-9H2,1H3,(H,24,30)(H,26,36)(H,33,34)/t14-,15?,16+,18-/m1/s1. The lowest BCUT2D eigenvalue weighted by molar-refractivity contribution is -0.153. The van der Waals surface area contributed by atoms with Crippen LogP contribution < -0.4 is 16.0 Å². The number of aliphatic carboxylic acids is 1. The average Bonchev–Trinajstić information content (AvgIpc) is 3.27. The molecule has 1 aromatic carbocycles. The van der Waals surface area contributed by atoms with E-state index in [-0.39, 0.29) is 37.6 Å². The molecule has 5 N–H and O–H groups in total. The van der Waals surface area contributed by atoms with Gasteiger partial charge in [-0.1, -0.05) is 12.1 Å². The van der Waals surface area contributed by atoms with E-state index in [0.717, 1.165) is 11.8 Å². The number of urea groups is 1. The van der Waals surface area contributed by atoms with Crippen molar-refractivity contribution in [2.45, 2.75) is 30.4 Å². The van der Waals surface area contributed by atoms with Crippen LogP contribution in [0.2, 0.25) is 0 Å². The number of esters is 1. The number of phenols is 1. The van der Waals surface area contributed by atoms with Crippen LogP contribution >= 0.6 is 11.8 Å². The van der Waals surface area contributed by atoms with Gasteiger partial charge in [0.05, 0.1) is 5.37 Å². The molecule has 0 bridgehead atoms. The molecule has 0 aliphatic carbocycles. The summed E-state index contributed by atoms with van der Waals surface area (Å²) in [5, 5.41) is 27.8. The van der Waals surface area contributed by atoms with Crippen molar-refractivity contribution in [1.82, 2.24) is 25.8 Å². The highest BCUT2D eigenvalue weighted by Gasteiger charge is 2.42. The summed E-state index contributed by atoms with van der Waals surface area (Å²) in [5.41, 5.74) is 0.818. The summed E-state index contributed by atoms with van der Waals surface area (Å²) >= 11 is 1.05. The van der Waals surface area contributed by atoms with E-state index < -0.39 is 59.2 Å². The van der Waals surface area contributed by atoms with Crippen molar-refractivity contribution in [2.24, 2.45) is 0 Å². The van der Waals surface area contributed by atoms with Crippen LogP contribution in [0.1, 0.15) is 18.5 Å². The number of carbonyl (C=O) groups is 6. The summed E-state index contributed by atoms with van der Waals surface area (Å²) in [6, 6.07) is 0.329. The maximum atomic E-state index is 13.4. The van der Waals surface area contributed by atoms with E-state index in [2.05, 4.69) is 16.0 Å². The van der Waals surface area contributed by atoms with E-state index in [4.69, 9.17) is 4.74 Å². The average molecular weight is 548 g/mol. The van der Waals surface area contributed by atoms with Gasteiger partial charge in [-0.15, -0.1) is 11.8 Å². The van der Waals surface area contributed by atoms with E-state index in [1.807, 2.05) is 0 Å². The molecule has 2 saturated heterocycles. The molecule has 2 fully saturated rings. The van der Waals surface area contributed by atoms with E-state index >= 15 is 0 Å². The smallest absolute Gasteiger partial charge is 0.328 e. The van der Waals surface area contributed by atoms with Crippen LogP contribution in [0.5, 0.6) is 5.75 Å². The minimum atomic E-state index is -1.54. The maximum Gasteiger partial charge on any atom is 0.328 e. The van der Waals surface area contributed by atoms with Crippen LogP contribution in [0.15, 0.2) is 35.2 Å². The van der Waals surface area contributed by atoms with Crippen molar-refractivity contribution in [1.29, 1.82) is 0 Å². The second kappa shape index (κ2) is 11.1. The second-order valence-corrected chi connectivity index (χ2v) is 9.61. The lowest BCUT2D eigenvalue weighted by Gasteiger charge is -2.33. The summed E-state index contributed by atoms with van der Waals surface area (Å²) in [6.07, 6.45) is 0. The van der Waals surface area contributed by atoms with Crippen molar-refractivity contribution in [3.8, 4) is 5.75 Å². The molecule has 0 aromatic heterocycles. The zero-order chi connectivity index (χ0) is 27.6. The van der Waals surface area contributed by atoms with Gasteiger partial charge in [-0.3, -0.25) is 24.6 Å². The first-order valence-electron chi connectivity index (χ1n) is 11.6. The van der Waals surface area contributed by atoms with Gasteiger partial charge in [-0.25, -0.2) is 14.4 Å². The number of carbonyl (C=O) groups excluding carboxylic acids is 5. The third-order valence-electron chi connectivity index (χ3n) is 6.24. The Bertz CT molecular complexity index is 1200. The van der Waals surface area contributed by atoms with E-state index in [1.165, 1.54) is 29.2 Å². The molecule has 3 heterocycles. The topological polar surface area (TPSA) is 195 Å². The van der Waals surface area contributed by atoms with E-state index in [9.17, 15) is 39.0 Å². The van der Waals surface area contributed by atoms with E-state index in [0.29, 0.717) is 10.5 Å². The van der Waals surface area contributed by atoms with Gasteiger partial charge in [0, 0.05) is 25.2 Å². The molecule has 0 saturated carbocycles. The zero-order valence-corrected chi connectivity index (χ0v) is 20.9. The van der Waals surface area contributed by atoms with Crippen molar-refractivity contribution < 1.29 is 43.7 Å². The van der Waals surface area contributed by atoms with Crippen LogP contribution in [0.25, 0.3) is 0 Å². The predicted molar refractivity (Wildman–Crippen MR) is 130 cm³/mol. The van der Waals surface area contributed by atoms with Crippen LogP contribution in [0.3, 0.4) is 0 Å². The molecule has 4 rings (SSSR count). The largest absolute Gasteiger partial charge is 0.508 e. The Morgan fingerprint density at radius 3 is 2.50 bits per heavy atom. The number of ether oxygens (including phenoxy) is 1. The lowest BCUT2D eigenvalue weighted by atomic mass is 10.0. The van der Waals surface area contributed by atoms with E-state index in [1.54, 1.807) is 12.3 Å². The fourth-order valence-corrected chi connectivity index (χ4v) is 5.21. The number of carboxylic acids is 1. The molecule has 3 aliphatic rings. The van der Waals surface area contributed by atoms with Gasteiger partial charge in [-0.05, 0) is 30.0 Å². The number of rotatable bonds is 7. The van der Waals surface area contributed by atoms with Gasteiger partial charge in [0.15, 0.2) is 6.04 Å². The number of amides is 5. The number of thioether (sulfide) groups is 1. The number of hydrogen-bond donors (Lipinski definition) is 5. The number of phenolic OH excluding ortho intramolecular Hbond substituents is 1. The van der Waals surface area contributed by atoms with Crippen molar-refractivity contribution >= 4 is 47.5 Å². The SMILES string of the molecule is CCN1CCN(C(=O)N[C@@H](C(=O)N[C@H](C(=O)O)[C@@H]2NC3C(=O)OCC3=CS2)c2ccc(O)cc2)C(=O)C1=O. The summed E-state index contributed by atoms with van der Waals surface area (Å²) in [6.45, 7) is 2.09. The van der Waals surface area contributed by atoms with Gasteiger partial charge >= 0.3 is 29.8 Å². The highest BCUT2D eigenvalue weighted by Crippen LogP contribution is 2.29. The number of fused-ring (bicyclic) bond motifs is 1. The lowest BCUT2D eigenvalue weighted by Crippen LogP contribution is -2.60. The number of likely N-dealkylation sites (N-methyl/N-ethyl adjacent to an activating group) is 1. The van der Waals surface area contributed by atoms with Gasteiger partial charge in [0.25, 0.3) is 0 Å². The highest BCUT2D eigenvalue weighted by molar-refractivity contribution is 8.02. The fourth-order valence-electron chi connectivity index (χ4n) is 4.13. The number of nitrogens with zero attached hydrogens (tertiary/aromatic N) is 2. The monoisotopic (exact) mass is 547 g/mol. The molecule has 0 radical (unpaired) electrons. The molecular formula is C23H25N5O9S. The van der Waals surface area contributed by atoms with Crippen LogP contribution in [0, 0.1) is 0 Å². The molecule has 3 aliphatic heterocycles. The third-order valence-corrected chi connectivity index (χ3v) is 7.38. The van der Waals surface area contributed by atoms with Crippen LogP contribution in [0.4, 0.5) is 4.79 Å². The Morgan fingerprint density at radius 2 is 1.84 bits per heavy atom. The van der Waals surface area contributed by atoms with Crippen molar-refractivity contribution in [3.05, 3.63) is 40.8 Å². The predicted octanol–water partition coefficient (Wildman–Crippen LogP) is -1.13. The molecule has 1 unspecified atom stereocenters. The van der Waals surface area contributed by atoms with Crippen LogP contribution in [-0.2, 0) is 28.7 Å². The number of carboxylic acid groups (broad SMARTS) is 1. The van der Waals surface area contributed by atoms with Gasteiger partial charge in [0.1, 0.15) is 24.4 Å². The third kappa shape index (κ3) is 5.43. The molecular weight excluding hydrogens is 522 g/mol. The Kier molecular flexibility index (Phi) is 7.87. The van der Waals surface area contributed by atoms with Gasteiger partial charge in [0.2, 0.25) is 5.91 Å². The Hall–Kier alpha value is -4.11. The number of hydrogen-bond acceptors (Lipinski definition) is 10. The molecule has 14 nitrogen and oxygen atoms in total. The first kappa shape index (κ1) is 26.9. The molecule has 5 amide bonds. The normalized spacial score (nSPS) is 22.7. The molecule has 4 atom stereocenters. The summed E-state index contributed by atoms with van der Waals surface area (Å²) in [7, 11) is 0. The van der Waals surface area contributed by atoms with Crippen LogP contribution in [-0.4, -0.2) is 99.4 Å². The van der Waals surface area contributed by atoms with Gasteiger partial charge < -0.3 is 30.5 Å². The van der Waals surface area contributed by atoms with Gasteiger partial charge in [-0.2, -0.15) is 0 Å². The number of piperazine rings is 1. The fraction of sp³-hybridized carbons (Fsp3) is 0.391. The molecule has 38 heavy (non-hydrogen) atoms. The molecule has 1 aromatic rings. The number of imide groups is 1. The number of cyclic esters (lactones) is 1. The molecule has 0 spiro atoms. The molecule has 202 valence electrons. The zero-order valence-electron chi connectivity index (χ0n) is 20.1. The molecule has 15 heteroatoms. The minimum Gasteiger partial charge on any atom is -0.508 e. The summed E-state index contributed by atoms with van der Waals surface area (Å²) in [4.78, 5) is 77.1. The quantitative estimate of drug-likeness (QED) is 0.205. The summed E-state index contributed by atoms with van der Waals surface area (Å²) < 4.78 is 4.96. The number of nitrogens with one attached hydrogen (secondary N) is 3. The first-order valence-corrected chi connectivity index (χ1v) is 12.6. The number of aromatic hydroxyl groups is 1. The van der Waals surface area contributed by atoms with Crippen molar-refractivity contribution in [3.63, 3.8) is 0 Å². The maximum absolute atomic E-state index is 13.4. The van der Waals surface area contributed by atoms with Crippen molar-refractivity contribution in [2.75, 3.05) is 26.2 Å². The Morgan fingerprint density at radius 1 is 1.13 bits per heavy atom. The summed E-state index contributed by atoms with van der Waals surface area (Å²) in [5.74, 6) is -4.93. The Balaban J connectivity index is 1.54. The minimum absolute atomic E-state index is 0.0863. The highest BCUT2D eigenvalue weighted by atomic mass is 32.2. The first-order chi connectivity index (χ1) is 18.1.